The number of aromatic nitrogens is 2. The second-order valence-corrected chi connectivity index (χ2v) is 6.14. The van der Waals surface area contributed by atoms with E-state index >= 15 is 0 Å². The van der Waals surface area contributed by atoms with Crippen molar-refractivity contribution < 1.29 is 13.2 Å². The topological polar surface area (TPSA) is 72.3 Å². The molecule has 6 nitrogen and oxygen atoms in total. The van der Waals surface area contributed by atoms with Crippen molar-refractivity contribution in [2.24, 2.45) is 13.0 Å². The molecule has 0 saturated carbocycles. The molecule has 7 heteroatoms. The third kappa shape index (κ3) is 2.39. The van der Waals surface area contributed by atoms with Crippen molar-refractivity contribution in [2.45, 2.75) is 17.9 Å². The number of imidazole rings is 1. The smallest absolute Gasteiger partial charge is 0.262 e. The zero-order valence-corrected chi connectivity index (χ0v) is 10.4. The summed E-state index contributed by atoms with van der Waals surface area (Å²) in [6, 6.07) is 0. The SMILES string of the molecule is Cn1cnc(S(=O)(=O)N2CCC(C=O)CC2)c1. The summed E-state index contributed by atoms with van der Waals surface area (Å²) >= 11 is 0. The van der Waals surface area contributed by atoms with Gasteiger partial charge in [0, 0.05) is 32.3 Å². The van der Waals surface area contributed by atoms with Crippen molar-refractivity contribution in [2.75, 3.05) is 13.1 Å². The maximum Gasteiger partial charge on any atom is 0.262 e. The van der Waals surface area contributed by atoms with Crippen molar-refractivity contribution in [3.63, 3.8) is 0 Å². The predicted molar refractivity (Wildman–Crippen MR) is 60.8 cm³/mol. The molecule has 0 atom stereocenters. The number of piperidine rings is 1. The van der Waals surface area contributed by atoms with E-state index in [1.807, 2.05) is 0 Å². The Balaban J connectivity index is 2.15. The first-order chi connectivity index (χ1) is 8.04. The van der Waals surface area contributed by atoms with E-state index in [1.165, 1.54) is 16.8 Å². The summed E-state index contributed by atoms with van der Waals surface area (Å²) in [5, 5.41) is 0.0737. The Hall–Kier alpha value is -1.21. The van der Waals surface area contributed by atoms with Crippen LogP contribution in [0.2, 0.25) is 0 Å². The molecule has 0 unspecified atom stereocenters. The van der Waals surface area contributed by atoms with Crippen molar-refractivity contribution in [3.05, 3.63) is 12.5 Å². The van der Waals surface area contributed by atoms with Gasteiger partial charge in [-0.2, -0.15) is 4.31 Å². The van der Waals surface area contributed by atoms with Crippen LogP contribution in [0.4, 0.5) is 0 Å². The summed E-state index contributed by atoms with van der Waals surface area (Å²) in [6.07, 6.45) is 5.04. The standard InChI is InChI=1S/C10H15N3O3S/c1-12-6-10(11-8-12)17(15,16)13-4-2-9(7-14)3-5-13/h6-9H,2-5H2,1H3. The van der Waals surface area contributed by atoms with Crippen LogP contribution in [0.15, 0.2) is 17.6 Å². The molecule has 0 aromatic carbocycles. The van der Waals surface area contributed by atoms with Gasteiger partial charge in [0.25, 0.3) is 10.0 Å². The first kappa shape index (κ1) is 12.3. The number of carbonyl (C=O) groups excluding carboxylic acids is 1. The fraction of sp³-hybridized carbons (Fsp3) is 0.600. The number of carbonyl (C=O) groups is 1. The zero-order chi connectivity index (χ0) is 12.5. The third-order valence-corrected chi connectivity index (χ3v) is 4.76. The lowest BCUT2D eigenvalue weighted by molar-refractivity contribution is -0.112. The maximum atomic E-state index is 12.2. The minimum atomic E-state index is -3.49. The Labute approximate surface area is 100 Å². The molecule has 2 heterocycles. The lowest BCUT2D eigenvalue weighted by Crippen LogP contribution is -2.38. The van der Waals surface area contributed by atoms with E-state index in [0.29, 0.717) is 25.9 Å². The molecule has 1 aliphatic rings. The molecule has 0 aliphatic carbocycles. The second-order valence-electron chi connectivity index (χ2n) is 4.25. The van der Waals surface area contributed by atoms with Gasteiger partial charge in [-0.3, -0.25) is 0 Å². The van der Waals surface area contributed by atoms with Crippen molar-refractivity contribution in [3.8, 4) is 0 Å². The second kappa shape index (κ2) is 4.58. The fourth-order valence-corrected chi connectivity index (χ4v) is 3.34. The minimum absolute atomic E-state index is 0.00909. The largest absolute Gasteiger partial charge is 0.339 e. The van der Waals surface area contributed by atoms with Crippen LogP contribution in [0.3, 0.4) is 0 Å². The number of aryl methyl sites for hydroxylation is 1. The van der Waals surface area contributed by atoms with Crippen LogP contribution in [-0.4, -0.2) is 41.6 Å². The van der Waals surface area contributed by atoms with Crippen LogP contribution in [-0.2, 0) is 21.9 Å². The van der Waals surface area contributed by atoms with Crippen molar-refractivity contribution in [1.29, 1.82) is 0 Å². The van der Waals surface area contributed by atoms with Gasteiger partial charge in [-0.1, -0.05) is 0 Å². The van der Waals surface area contributed by atoms with E-state index in [2.05, 4.69) is 4.98 Å². The van der Waals surface area contributed by atoms with Crippen molar-refractivity contribution >= 4 is 16.3 Å². The molecular formula is C10H15N3O3S. The van der Waals surface area contributed by atoms with Crippen LogP contribution >= 0.6 is 0 Å². The molecule has 0 amide bonds. The quantitative estimate of drug-likeness (QED) is 0.716. The summed E-state index contributed by atoms with van der Waals surface area (Å²) in [4.78, 5) is 14.5. The first-order valence-electron chi connectivity index (χ1n) is 5.47. The monoisotopic (exact) mass is 257 g/mol. The normalized spacial score (nSPS) is 19.4. The van der Waals surface area contributed by atoms with Gasteiger partial charge >= 0.3 is 0 Å². The number of nitrogens with zero attached hydrogens (tertiary/aromatic N) is 3. The Morgan fingerprint density at radius 2 is 2.06 bits per heavy atom. The summed E-state index contributed by atoms with van der Waals surface area (Å²) in [5.41, 5.74) is 0. The number of sulfonamides is 1. The molecule has 0 bridgehead atoms. The number of aldehydes is 1. The average Bonchev–Trinajstić information content (AvgIpc) is 2.77. The third-order valence-electron chi connectivity index (χ3n) is 2.98. The van der Waals surface area contributed by atoms with Gasteiger partial charge in [-0.25, -0.2) is 13.4 Å². The van der Waals surface area contributed by atoms with Gasteiger partial charge in [0.15, 0.2) is 5.03 Å². The number of hydrogen-bond donors (Lipinski definition) is 0. The van der Waals surface area contributed by atoms with Crippen LogP contribution in [0.25, 0.3) is 0 Å². The summed E-state index contributed by atoms with van der Waals surface area (Å²) in [6.45, 7) is 0.782. The molecule has 1 saturated heterocycles. The van der Waals surface area contributed by atoms with E-state index < -0.39 is 10.0 Å². The van der Waals surface area contributed by atoms with Gasteiger partial charge in [0.05, 0.1) is 6.33 Å². The van der Waals surface area contributed by atoms with Gasteiger partial charge in [0.2, 0.25) is 0 Å². The lowest BCUT2D eigenvalue weighted by Gasteiger charge is -2.27. The van der Waals surface area contributed by atoms with E-state index in [9.17, 15) is 13.2 Å². The molecule has 2 rings (SSSR count). The van der Waals surface area contributed by atoms with Crippen LogP contribution in [0, 0.1) is 5.92 Å². The lowest BCUT2D eigenvalue weighted by atomic mass is 10.0. The van der Waals surface area contributed by atoms with Gasteiger partial charge < -0.3 is 9.36 Å². The molecule has 94 valence electrons. The molecule has 1 aromatic heterocycles. The summed E-state index contributed by atoms with van der Waals surface area (Å²) < 4.78 is 27.3. The van der Waals surface area contributed by atoms with Gasteiger partial charge in [0.1, 0.15) is 6.29 Å². The zero-order valence-electron chi connectivity index (χ0n) is 9.61. The molecular weight excluding hydrogens is 242 g/mol. The summed E-state index contributed by atoms with van der Waals surface area (Å²) in [7, 11) is -1.76. The van der Waals surface area contributed by atoms with Gasteiger partial charge in [-0.15, -0.1) is 0 Å². The summed E-state index contributed by atoms with van der Waals surface area (Å²) in [5.74, 6) is -0.00909. The molecule has 0 spiro atoms. The van der Waals surface area contributed by atoms with Crippen molar-refractivity contribution in [1.82, 2.24) is 13.9 Å². The van der Waals surface area contributed by atoms with E-state index in [0.717, 1.165) is 6.29 Å². The predicted octanol–water partition coefficient (Wildman–Crippen LogP) is 0.0197. The highest BCUT2D eigenvalue weighted by Crippen LogP contribution is 2.21. The maximum absolute atomic E-state index is 12.2. The molecule has 17 heavy (non-hydrogen) atoms. The van der Waals surface area contributed by atoms with Crippen LogP contribution in [0.5, 0.6) is 0 Å². The molecule has 0 N–H and O–H groups in total. The van der Waals surface area contributed by atoms with E-state index in [1.54, 1.807) is 11.6 Å². The Morgan fingerprint density at radius 1 is 1.41 bits per heavy atom. The van der Waals surface area contributed by atoms with Crippen LogP contribution in [0.1, 0.15) is 12.8 Å². The Bertz CT molecular complexity index is 501. The molecule has 1 aliphatic heterocycles. The number of rotatable bonds is 3. The first-order valence-corrected chi connectivity index (χ1v) is 6.91. The Morgan fingerprint density at radius 3 is 2.53 bits per heavy atom. The Kier molecular flexibility index (Phi) is 3.30. The highest BCUT2D eigenvalue weighted by Gasteiger charge is 2.30. The molecule has 1 aromatic rings. The molecule has 0 radical (unpaired) electrons. The highest BCUT2D eigenvalue weighted by molar-refractivity contribution is 7.89. The van der Waals surface area contributed by atoms with E-state index in [-0.39, 0.29) is 10.9 Å². The van der Waals surface area contributed by atoms with Gasteiger partial charge in [-0.05, 0) is 12.8 Å². The van der Waals surface area contributed by atoms with E-state index in [4.69, 9.17) is 0 Å². The molecule has 1 fully saturated rings. The minimum Gasteiger partial charge on any atom is -0.339 e. The van der Waals surface area contributed by atoms with Crippen LogP contribution < -0.4 is 0 Å². The number of hydrogen-bond acceptors (Lipinski definition) is 4. The highest BCUT2D eigenvalue weighted by atomic mass is 32.2. The average molecular weight is 257 g/mol. The fourth-order valence-electron chi connectivity index (χ4n) is 1.91.